The Hall–Kier alpha value is -4.20. The second-order valence-corrected chi connectivity index (χ2v) is 8.99. The lowest BCUT2D eigenvalue weighted by Crippen LogP contribution is -2.27. The Balaban J connectivity index is 1.60. The maximum atomic E-state index is 16.1. The molecule has 0 radical (unpaired) electrons. The van der Waals surface area contributed by atoms with E-state index in [0.29, 0.717) is 17.0 Å². The van der Waals surface area contributed by atoms with Gasteiger partial charge in [0.15, 0.2) is 5.82 Å². The predicted molar refractivity (Wildman–Crippen MR) is 125 cm³/mol. The van der Waals surface area contributed by atoms with Gasteiger partial charge in [-0.3, -0.25) is 14.6 Å². The number of benzene rings is 2. The van der Waals surface area contributed by atoms with Gasteiger partial charge in [-0.15, -0.1) is 0 Å². The van der Waals surface area contributed by atoms with Crippen molar-refractivity contribution in [3.63, 3.8) is 0 Å². The summed E-state index contributed by atoms with van der Waals surface area (Å²) in [6, 6.07) is 12.7. The maximum Gasteiger partial charge on any atom is 0.282 e. The fourth-order valence-electron chi connectivity index (χ4n) is 4.73. The van der Waals surface area contributed by atoms with E-state index in [0.717, 1.165) is 17.9 Å². The molecule has 8 heteroatoms. The third-order valence-corrected chi connectivity index (χ3v) is 6.41. The third kappa shape index (κ3) is 3.36. The summed E-state index contributed by atoms with van der Waals surface area (Å²) in [5.74, 6) is -2.61. The molecule has 2 aromatic heterocycles. The molecule has 2 aliphatic rings. The summed E-state index contributed by atoms with van der Waals surface area (Å²) in [7, 11) is 0. The molecule has 3 heterocycles. The van der Waals surface area contributed by atoms with E-state index in [2.05, 4.69) is 10.1 Å². The average Bonchev–Trinajstić information content (AvgIpc) is 3.63. The number of amides is 2. The number of carbonyl (C=O) groups excluding carboxylic acids is 2. The van der Waals surface area contributed by atoms with Gasteiger partial charge in [-0.2, -0.15) is 10.1 Å². The van der Waals surface area contributed by atoms with Crippen LogP contribution >= 0.6 is 0 Å². The molecule has 0 N–H and O–H groups in total. The summed E-state index contributed by atoms with van der Waals surface area (Å²) in [5.41, 5.74) is 2.26. The van der Waals surface area contributed by atoms with Crippen molar-refractivity contribution in [2.24, 2.45) is 5.10 Å². The minimum Gasteiger partial charge on any atom is -0.342 e. The number of fused-ring (bicyclic) bond motifs is 2. The molecule has 0 unspecified atom stereocenters. The summed E-state index contributed by atoms with van der Waals surface area (Å²) in [6.07, 6.45) is 3.45. The summed E-state index contributed by atoms with van der Waals surface area (Å²) in [6.45, 7) is 3.55. The number of aryl methyl sites for hydroxylation is 2. The van der Waals surface area contributed by atoms with Crippen LogP contribution in [0.5, 0.6) is 0 Å². The van der Waals surface area contributed by atoms with E-state index in [9.17, 15) is 9.59 Å². The van der Waals surface area contributed by atoms with Gasteiger partial charge in [0, 0.05) is 29.0 Å². The van der Waals surface area contributed by atoms with Crippen LogP contribution in [0.3, 0.4) is 0 Å². The van der Waals surface area contributed by atoms with Gasteiger partial charge in [-0.05, 0) is 68.7 Å². The predicted octanol–water partition coefficient (Wildman–Crippen LogP) is 5.05. The van der Waals surface area contributed by atoms with Gasteiger partial charge >= 0.3 is 0 Å². The first kappa shape index (κ1) is 21.3. The number of nitrogens with zero attached hydrogens (tertiary/aromatic N) is 4. The number of hydrogen-bond donors (Lipinski definition) is 0. The quantitative estimate of drug-likeness (QED) is 0.394. The number of imide groups is 1. The molecule has 0 bridgehead atoms. The van der Waals surface area contributed by atoms with E-state index >= 15 is 8.78 Å². The monoisotopic (exact) mass is 470 g/mol. The zero-order chi connectivity index (χ0) is 24.4. The zero-order valence-corrected chi connectivity index (χ0v) is 19.0. The normalized spacial score (nSPS) is 15.9. The van der Waals surface area contributed by atoms with Crippen LogP contribution in [0.2, 0.25) is 0 Å². The minimum atomic E-state index is -0.757. The van der Waals surface area contributed by atoms with Crippen molar-refractivity contribution in [3.05, 3.63) is 94.2 Å². The van der Waals surface area contributed by atoms with Crippen molar-refractivity contribution < 1.29 is 18.4 Å². The lowest BCUT2D eigenvalue weighted by Gasteiger charge is -2.16. The Bertz CT molecular complexity index is 1600. The number of aromatic nitrogens is 2. The molecule has 1 fully saturated rings. The maximum absolute atomic E-state index is 16.1. The number of halogens is 2. The van der Waals surface area contributed by atoms with Gasteiger partial charge in [0.05, 0.1) is 27.6 Å². The largest absolute Gasteiger partial charge is 0.342 e. The second kappa shape index (κ2) is 7.66. The number of rotatable bonds is 3. The molecule has 2 amide bonds. The van der Waals surface area contributed by atoms with Crippen molar-refractivity contribution in [2.45, 2.75) is 32.7 Å². The molecule has 2 aromatic carbocycles. The molecule has 1 saturated carbocycles. The number of carbonyl (C=O) groups is 2. The van der Waals surface area contributed by atoms with Crippen LogP contribution in [0.1, 0.15) is 51.0 Å². The number of hydrogen-bond acceptors (Lipinski definition) is 4. The Morgan fingerprint density at radius 2 is 1.57 bits per heavy atom. The highest BCUT2D eigenvalue weighted by Crippen LogP contribution is 2.39. The molecule has 6 nitrogen and oxygen atoms in total. The first-order valence-electron chi connectivity index (χ1n) is 11.3. The van der Waals surface area contributed by atoms with Gasteiger partial charge in [0.25, 0.3) is 11.8 Å². The second-order valence-electron chi connectivity index (χ2n) is 8.99. The van der Waals surface area contributed by atoms with Crippen LogP contribution in [-0.2, 0) is 0 Å². The molecular weight excluding hydrogens is 450 g/mol. The van der Waals surface area contributed by atoms with Crippen molar-refractivity contribution in [2.75, 3.05) is 0 Å². The molecule has 4 aromatic rings. The van der Waals surface area contributed by atoms with Crippen LogP contribution in [0.25, 0.3) is 22.0 Å². The van der Waals surface area contributed by atoms with Crippen LogP contribution < -0.4 is 5.36 Å². The van der Waals surface area contributed by atoms with Crippen LogP contribution in [0, 0.1) is 25.5 Å². The van der Waals surface area contributed by atoms with Gasteiger partial charge in [-0.1, -0.05) is 12.1 Å². The first-order valence-corrected chi connectivity index (χ1v) is 11.3. The molecule has 0 saturated heterocycles. The smallest absolute Gasteiger partial charge is 0.282 e. The third-order valence-electron chi connectivity index (χ3n) is 6.41. The van der Waals surface area contributed by atoms with Crippen LogP contribution in [0.15, 0.2) is 59.8 Å². The molecule has 1 aliphatic heterocycles. The minimum absolute atomic E-state index is 0.0968. The van der Waals surface area contributed by atoms with Crippen LogP contribution in [0.4, 0.5) is 8.78 Å². The van der Waals surface area contributed by atoms with Crippen molar-refractivity contribution in [1.29, 1.82) is 0 Å². The fraction of sp³-hybridized carbons (Fsp3) is 0.185. The fourth-order valence-corrected chi connectivity index (χ4v) is 4.73. The average molecular weight is 470 g/mol. The molecule has 1 aliphatic carbocycles. The van der Waals surface area contributed by atoms with Crippen molar-refractivity contribution >= 4 is 22.7 Å². The van der Waals surface area contributed by atoms with Crippen LogP contribution in [-0.4, -0.2) is 26.4 Å². The van der Waals surface area contributed by atoms with E-state index in [-0.39, 0.29) is 39.0 Å². The molecule has 174 valence electrons. The molecule has 6 rings (SSSR count). The van der Waals surface area contributed by atoms with Gasteiger partial charge in [0.1, 0.15) is 5.82 Å². The standard InChI is InChI=1S/C27H20F2N4O2/c1-14-11-16(12-15(2)30-14)23-21(28)13-20-22(9-10-32(17-7-8-17)25(20)24(23)29)31-33-26(34)18-5-3-4-6-19(18)27(33)35/h3-6,9-13,17H,7-8H2,1-2H3/b31-22+. The lowest BCUT2D eigenvalue weighted by molar-refractivity contribution is 0.0652. The number of pyridine rings is 2. The topological polar surface area (TPSA) is 67.6 Å². The highest BCUT2D eigenvalue weighted by Gasteiger charge is 2.35. The Morgan fingerprint density at radius 3 is 2.17 bits per heavy atom. The van der Waals surface area contributed by atoms with Crippen molar-refractivity contribution in [1.82, 2.24) is 14.6 Å². The Kier molecular flexibility index (Phi) is 4.67. The summed E-state index contributed by atoms with van der Waals surface area (Å²) in [5, 5.41) is 5.37. The summed E-state index contributed by atoms with van der Waals surface area (Å²) in [4.78, 5) is 29.9. The Morgan fingerprint density at radius 1 is 0.943 bits per heavy atom. The van der Waals surface area contributed by atoms with E-state index in [1.165, 1.54) is 6.07 Å². The summed E-state index contributed by atoms with van der Waals surface area (Å²) < 4.78 is 33.4. The van der Waals surface area contributed by atoms with Gasteiger partial charge in [0.2, 0.25) is 0 Å². The van der Waals surface area contributed by atoms with Gasteiger partial charge in [-0.25, -0.2) is 8.78 Å². The molecular formula is C27H20F2N4O2. The van der Waals surface area contributed by atoms with Crippen molar-refractivity contribution in [3.8, 4) is 11.1 Å². The lowest BCUT2D eigenvalue weighted by atomic mass is 10.0. The van der Waals surface area contributed by atoms with Gasteiger partial charge < -0.3 is 4.57 Å². The zero-order valence-electron chi connectivity index (χ0n) is 19.0. The van der Waals surface area contributed by atoms with E-state index < -0.39 is 23.4 Å². The van der Waals surface area contributed by atoms with E-state index in [1.807, 2.05) is 0 Å². The molecule has 0 atom stereocenters. The molecule has 35 heavy (non-hydrogen) atoms. The molecule has 0 spiro atoms. The first-order chi connectivity index (χ1) is 16.8. The highest BCUT2D eigenvalue weighted by molar-refractivity contribution is 6.21. The highest BCUT2D eigenvalue weighted by atomic mass is 19.1. The summed E-state index contributed by atoms with van der Waals surface area (Å²) >= 11 is 0. The SMILES string of the molecule is Cc1cc(-c2c(F)cc3/c(=N/N4C(=O)c5ccccc5C4=O)ccn(C4CC4)c3c2F)cc(C)n1. The van der Waals surface area contributed by atoms with E-state index in [4.69, 9.17) is 0 Å². The Labute approximate surface area is 199 Å². The van der Waals surface area contributed by atoms with E-state index in [1.54, 1.807) is 67.1 Å².